The third-order valence-corrected chi connectivity index (χ3v) is 3.88. The Kier molecular flexibility index (Phi) is 8.03. The molecule has 1 saturated heterocycles. The lowest BCUT2D eigenvalue weighted by molar-refractivity contribution is 0.295. The molecular formula is C16H27IN4. The van der Waals surface area contributed by atoms with Crippen molar-refractivity contribution in [3.8, 4) is 0 Å². The molecule has 0 amide bonds. The molecule has 1 unspecified atom stereocenters. The summed E-state index contributed by atoms with van der Waals surface area (Å²) < 4.78 is 0. The van der Waals surface area contributed by atoms with E-state index in [1.807, 2.05) is 7.05 Å². The second-order valence-electron chi connectivity index (χ2n) is 5.51. The molecule has 2 rings (SSSR count). The van der Waals surface area contributed by atoms with E-state index < -0.39 is 0 Å². The maximum atomic E-state index is 4.41. The lowest BCUT2D eigenvalue weighted by Gasteiger charge is -2.28. The largest absolute Gasteiger partial charge is 0.354 e. The molecule has 1 atom stereocenters. The topological polar surface area (TPSA) is 30.9 Å². The third-order valence-electron chi connectivity index (χ3n) is 3.88. The first-order chi connectivity index (χ1) is 9.72. The van der Waals surface area contributed by atoms with Crippen LogP contribution in [0.3, 0.4) is 0 Å². The van der Waals surface area contributed by atoms with E-state index in [1.54, 1.807) is 0 Å². The van der Waals surface area contributed by atoms with Crippen LogP contribution in [0.2, 0.25) is 0 Å². The zero-order valence-electron chi connectivity index (χ0n) is 13.2. The highest BCUT2D eigenvalue weighted by atomic mass is 127. The highest BCUT2D eigenvalue weighted by Crippen LogP contribution is 2.17. The summed E-state index contributed by atoms with van der Waals surface area (Å²) in [4.78, 5) is 9.00. The van der Waals surface area contributed by atoms with Crippen LogP contribution < -0.4 is 5.32 Å². The Balaban J connectivity index is 0.00000220. The van der Waals surface area contributed by atoms with Crippen molar-refractivity contribution < 1.29 is 0 Å². The molecule has 0 spiro atoms. The molecule has 1 N–H and O–H groups in total. The van der Waals surface area contributed by atoms with Crippen LogP contribution in [0, 0.1) is 0 Å². The minimum Gasteiger partial charge on any atom is -0.354 e. The molecule has 1 heterocycles. The second kappa shape index (κ2) is 9.25. The summed E-state index contributed by atoms with van der Waals surface area (Å²) in [7, 11) is 6.11. The lowest BCUT2D eigenvalue weighted by atomic mass is 10.1. The molecule has 1 aromatic rings. The Hall–Kier alpha value is -0.820. The fraction of sp³-hybridized carbons (Fsp3) is 0.562. The van der Waals surface area contributed by atoms with E-state index in [1.165, 1.54) is 18.4 Å². The van der Waals surface area contributed by atoms with Gasteiger partial charge in [0, 0.05) is 26.7 Å². The van der Waals surface area contributed by atoms with Gasteiger partial charge in [0.15, 0.2) is 5.96 Å². The monoisotopic (exact) mass is 402 g/mol. The number of rotatable bonds is 4. The van der Waals surface area contributed by atoms with E-state index in [4.69, 9.17) is 0 Å². The zero-order valence-corrected chi connectivity index (χ0v) is 15.6. The van der Waals surface area contributed by atoms with Gasteiger partial charge < -0.3 is 15.1 Å². The SMILES string of the molecule is CN=C(NCC(c1ccccc1)N(C)C)N1CCCC1.I. The van der Waals surface area contributed by atoms with Crippen LogP contribution in [0.4, 0.5) is 0 Å². The third kappa shape index (κ3) is 5.14. The first-order valence-corrected chi connectivity index (χ1v) is 7.39. The fourth-order valence-corrected chi connectivity index (χ4v) is 2.72. The summed E-state index contributed by atoms with van der Waals surface area (Å²) in [6.07, 6.45) is 2.55. The van der Waals surface area contributed by atoms with Crippen LogP contribution in [-0.4, -0.2) is 56.5 Å². The highest BCUT2D eigenvalue weighted by molar-refractivity contribution is 14.0. The molecule has 0 bridgehead atoms. The standard InChI is InChI=1S/C16H26N4.HI/c1-17-16(20-11-7-8-12-20)18-13-15(19(2)3)14-9-5-4-6-10-14;/h4-6,9-10,15H,7-8,11-13H2,1-3H3,(H,17,18);1H. The van der Waals surface area contributed by atoms with Crippen molar-refractivity contribution in [2.45, 2.75) is 18.9 Å². The smallest absolute Gasteiger partial charge is 0.193 e. The van der Waals surface area contributed by atoms with Gasteiger partial charge >= 0.3 is 0 Å². The molecule has 0 saturated carbocycles. The number of likely N-dealkylation sites (N-methyl/N-ethyl adjacent to an activating group) is 1. The molecule has 5 heteroatoms. The summed E-state index contributed by atoms with van der Waals surface area (Å²) in [5, 5.41) is 3.53. The molecule has 1 aliphatic heterocycles. The van der Waals surface area contributed by atoms with E-state index in [0.29, 0.717) is 6.04 Å². The van der Waals surface area contributed by atoms with Crippen LogP contribution >= 0.6 is 24.0 Å². The molecule has 1 aliphatic rings. The van der Waals surface area contributed by atoms with Crippen LogP contribution in [0.1, 0.15) is 24.4 Å². The van der Waals surface area contributed by atoms with Crippen molar-refractivity contribution in [3.05, 3.63) is 35.9 Å². The molecule has 0 aliphatic carbocycles. The van der Waals surface area contributed by atoms with Gasteiger partial charge in [-0.2, -0.15) is 0 Å². The number of hydrogen-bond acceptors (Lipinski definition) is 2. The summed E-state index contributed by atoms with van der Waals surface area (Å²) in [6.45, 7) is 3.12. The number of halogens is 1. The summed E-state index contributed by atoms with van der Waals surface area (Å²) >= 11 is 0. The van der Waals surface area contributed by atoms with Gasteiger partial charge in [0.05, 0.1) is 6.04 Å². The van der Waals surface area contributed by atoms with Gasteiger partial charge in [0.2, 0.25) is 0 Å². The van der Waals surface area contributed by atoms with Crippen molar-refractivity contribution in [2.24, 2.45) is 4.99 Å². The van der Waals surface area contributed by atoms with Gasteiger partial charge in [0.1, 0.15) is 0 Å². The van der Waals surface area contributed by atoms with Crippen LogP contribution in [0.5, 0.6) is 0 Å². The van der Waals surface area contributed by atoms with Gasteiger partial charge in [-0.25, -0.2) is 0 Å². The normalized spacial score (nSPS) is 16.8. The first-order valence-electron chi connectivity index (χ1n) is 7.39. The molecule has 21 heavy (non-hydrogen) atoms. The predicted molar refractivity (Wildman–Crippen MR) is 100 cm³/mol. The van der Waals surface area contributed by atoms with Gasteiger partial charge in [-0.1, -0.05) is 30.3 Å². The number of aliphatic imine (C=N–C) groups is 1. The number of nitrogens with zero attached hydrogens (tertiary/aromatic N) is 3. The Morgan fingerprint density at radius 1 is 1.24 bits per heavy atom. The number of benzene rings is 1. The Labute approximate surface area is 145 Å². The second-order valence-corrected chi connectivity index (χ2v) is 5.51. The van der Waals surface area contributed by atoms with E-state index >= 15 is 0 Å². The molecule has 1 aromatic carbocycles. The molecule has 1 fully saturated rings. The summed E-state index contributed by atoms with van der Waals surface area (Å²) in [5.41, 5.74) is 1.34. The average molecular weight is 402 g/mol. The number of nitrogens with one attached hydrogen (secondary N) is 1. The van der Waals surface area contributed by atoms with Gasteiger partial charge in [-0.15, -0.1) is 24.0 Å². The maximum absolute atomic E-state index is 4.41. The van der Waals surface area contributed by atoms with Crippen molar-refractivity contribution in [2.75, 3.05) is 40.8 Å². The number of hydrogen-bond donors (Lipinski definition) is 1. The molecule has 118 valence electrons. The number of guanidine groups is 1. The quantitative estimate of drug-likeness (QED) is 0.477. The maximum Gasteiger partial charge on any atom is 0.193 e. The van der Waals surface area contributed by atoms with E-state index in [0.717, 1.165) is 25.6 Å². The average Bonchev–Trinajstić information content (AvgIpc) is 2.98. The molecule has 0 radical (unpaired) electrons. The molecule has 0 aromatic heterocycles. The fourth-order valence-electron chi connectivity index (χ4n) is 2.72. The summed E-state index contributed by atoms with van der Waals surface area (Å²) in [6, 6.07) is 11.0. The minimum atomic E-state index is 0. The van der Waals surface area contributed by atoms with Gasteiger partial charge in [0.25, 0.3) is 0 Å². The zero-order chi connectivity index (χ0) is 14.4. The van der Waals surface area contributed by atoms with E-state index in [9.17, 15) is 0 Å². The van der Waals surface area contributed by atoms with Crippen LogP contribution in [0.15, 0.2) is 35.3 Å². The van der Waals surface area contributed by atoms with Crippen molar-refractivity contribution in [1.29, 1.82) is 0 Å². The van der Waals surface area contributed by atoms with E-state index in [2.05, 4.69) is 64.5 Å². The van der Waals surface area contributed by atoms with Gasteiger partial charge in [-0.3, -0.25) is 4.99 Å². The minimum absolute atomic E-state index is 0. The van der Waals surface area contributed by atoms with Crippen molar-refractivity contribution >= 4 is 29.9 Å². The summed E-state index contributed by atoms with van der Waals surface area (Å²) in [5.74, 6) is 1.03. The van der Waals surface area contributed by atoms with Gasteiger partial charge in [-0.05, 0) is 32.5 Å². The first kappa shape index (κ1) is 18.2. The van der Waals surface area contributed by atoms with Crippen molar-refractivity contribution in [1.82, 2.24) is 15.1 Å². The van der Waals surface area contributed by atoms with Crippen LogP contribution in [0.25, 0.3) is 0 Å². The predicted octanol–water partition coefficient (Wildman–Crippen LogP) is 2.58. The van der Waals surface area contributed by atoms with Crippen LogP contribution in [-0.2, 0) is 0 Å². The highest BCUT2D eigenvalue weighted by Gasteiger charge is 2.18. The lowest BCUT2D eigenvalue weighted by Crippen LogP contribution is -2.43. The molecule has 4 nitrogen and oxygen atoms in total. The Morgan fingerprint density at radius 2 is 1.86 bits per heavy atom. The van der Waals surface area contributed by atoms with Crippen molar-refractivity contribution in [3.63, 3.8) is 0 Å². The van der Waals surface area contributed by atoms with E-state index in [-0.39, 0.29) is 24.0 Å². The Morgan fingerprint density at radius 3 is 2.38 bits per heavy atom. The Bertz CT molecular complexity index is 427. The number of likely N-dealkylation sites (tertiary alicyclic amines) is 1. The molecular weight excluding hydrogens is 375 g/mol.